The van der Waals surface area contributed by atoms with Gasteiger partial charge in [0, 0.05) is 5.56 Å². The third-order valence-corrected chi connectivity index (χ3v) is 4.28. The van der Waals surface area contributed by atoms with Crippen LogP contribution in [0.5, 0.6) is 0 Å². The Morgan fingerprint density at radius 2 is 1.57 bits per heavy atom. The molecule has 114 valence electrons. The first-order valence-electron chi connectivity index (χ1n) is 7.04. The number of ketones is 1. The van der Waals surface area contributed by atoms with Crippen LogP contribution in [0.3, 0.4) is 0 Å². The van der Waals surface area contributed by atoms with Crippen molar-refractivity contribution in [1.29, 1.82) is 0 Å². The molecule has 1 aliphatic rings. The van der Waals surface area contributed by atoms with Gasteiger partial charge in [0.2, 0.25) is 0 Å². The zero-order chi connectivity index (χ0) is 16.2. The van der Waals surface area contributed by atoms with Gasteiger partial charge in [-0.2, -0.15) is 0 Å². The fraction of sp³-hybridized carbons (Fsp3) is 0.0556. The zero-order valence-electron chi connectivity index (χ0n) is 12.1. The molecule has 1 heterocycles. The SMILES string of the molecule is O=C(CN1C(=O)S/C(=C/c2ccccc2)C1=O)c1ccccc1. The van der Waals surface area contributed by atoms with Crippen molar-refractivity contribution in [2.24, 2.45) is 0 Å². The summed E-state index contributed by atoms with van der Waals surface area (Å²) in [6.07, 6.45) is 1.66. The maximum atomic E-state index is 12.4. The maximum absolute atomic E-state index is 12.4. The van der Waals surface area contributed by atoms with Crippen molar-refractivity contribution >= 4 is 34.8 Å². The Bertz CT molecular complexity index is 784. The molecule has 2 aromatic rings. The minimum absolute atomic E-state index is 0.235. The molecule has 3 rings (SSSR count). The molecule has 0 unspecified atom stereocenters. The highest BCUT2D eigenvalue weighted by Gasteiger charge is 2.36. The van der Waals surface area contributed by atoms with Crippen LogP contribution >= 0.6 is 11.8 Å². The number of imide groups is 1. The highest BCUT2D eigenvalue weighted by molar-refractivity contribution is 8.18. The van der Waals surface area contributed by atoms with Crippen LogP contribution in [0.15, 0.2) is 65.6 Å². The molecule has 0 radical (unpaired) electrons. The lowest BCUT2D eigenvalue weighted by Gasteiger charge is -2.11. The summed E-state index contributed by atoms with van der Waals surface area (Å²) in [5.41, 5.74) is 1.32. The van der Waals surface area contributed by atoms with E-state index in [0.29, 0.717) is 10.5 Å². The van der Waals surface area contributed by atoms with Crippen molar-refractivity contribution in [2.75, 3.05) is 6.54 Å². The van der Waals surface area contributed by atoms with Crippen molar-refractivity contribution in [1.82, 2.24) is 4.90 Å². The summed E-state index contributed by atoms with van der Waals surface area (Å²) in [5, 5.41) is -0.415. The molecule has 0 aliphatic carbocycles. The zero-order valence-corrected chi connectivity index (χ0v) is 13.0. The highest BCUT2D eigenvalue weighted by atomic mass is 32.2. The second-order valence-corrected chi connectivity index (χ2v) is 5.96. The van der Waals surface area contributed by atoms with Gasteiger partial charge in [-0.25, -0.2) is 0 Å². The second-order valence-electron chi connectivity index (χ2n) is 4.97. The first-order chi connectivity index (χ1) is 11.1. The van der Waals surface area contributed by atoms with Crippen LogP contribution in [-0.4, -0.2) is 28.4 Å². The quantitative estimate of drug-likeness (QED) is 0.637. The van der Waals surface area contributed by atoms with Crippen LogP contribution < -0.4 is 0 Å². The molecule has 5 heteroatoms. The molecule has 2 amide bonds. The van der Waals surface area contributed by atoms with E-state index in [4.69, 9.17) is 0 Å². The molecular weight excluding hydrogens is 310 g/mol. The summed E-state index contributed by atoms with van der Waals surface area (Å²) in [6.45, 7) is -0.235. The van der Waals surface area contributed by atoms with Crippen molar-refractivity contribution in [3.63, 3.8) is 0 Å². The van der Waals surface area contributed by atoms with Gasteiger partial charge in [0.1, 0.15) is 0 Å². The van der Waals surface area contributed by atoms with E-state index in [1.807, 2.05) is 30.3 Å². The van der Waals surface area contributed by atoms with Gasteiger partial charge >= 0.3 is 0 Å². The third-order valence-electron chi connectivity index (χ3n) is 3.37. The molecule has 4 nitrogen and oxygen atoms in total. The van der Waals surface area contributed by atoms with Crippen LogP contribution in [0.25, 0.3) is 6.08 Å². The van der Waals surface area contributed by atoms with E-state index in [0.717, 1.165) is 22.2 Å². The largest absolute Gasteiger partial charge is 0.293 e. The Morgan fingerprint density at radius 1 is 0.957 bits per heavy atom. The van der Waals surface area contributed by atoms with Gasteiger partial charge in [-0.1, -0.05) is 60.7 Å². The van der Waals surface area contributed by atoms with Gasteiger partial charge in [-0.3, -0.25) is 19.3 Å². The summed E-state index contributed by atoms with van der Waals surface area (Å²) in [4.78, 5) is 37.9. The molecule has 1 aliphatic heterocycles. The monoisotopic (exact) mass is 323 g/mol. The first kappa shape index (κ1) is 15.2. The number of carbonyl (C=O) groups is 3. The highest BCUT2D eigenvalue weighted by Crippen LogP contribution is 2.32. The lowest BCUT2D eigenvalue weighted by atomic mass is 10.1. The topological polar surface area (TPSA) is 54.5 Å². The fourth-order valence-electron chi connectivity index (χ4n) is 2.20. The smallest absolute Gasteiger partial charge is 0.292 e. The van der Waals surface area contributed by atoms with Gasteiger partial charge in [0.15, 0.2) is 5.78 Å². The average molecular weight is 323 g/mol. The van der Waals surface area contributed by atoms with Gasteiger partial charge in [-0.05, 0) is 23.4 Å². The number of benzene rings is 2. The predicted octanol–water partition coefficient (Wildman–Crippen LogP) is 3.61. The van der Waals surface area contributed by atoms with E-state index >= 15 is 0 Å². The summed E-state index contributed by atoms with van der Waals surface area (Å²) >= 11 is 0.860. The Morgan fingerprint density at radius 3 is 2.22 bits per heavy atom. The Labute approximate surface area is 137 Å². The van der Waals surface area contributed by atoms with Gasteiger partial charge < -0.3 is 0 Å². The fourth-order valence-corrected chi connectivity index (χ4v) is 3.03. The molecule has 0 saturated carbocycles. The molecule has 23 heavy (non-hydrogen) atoms. The molecule has 1 fully saturated rings. The van der Waals surface area contributed by atoms with Crippen molar-refractivity contribution in [3.8, 4) is 0 Å². The number of rotatable bonds is 4. The summed E-state index contributed by atoms with van der Waals surface area (Å²) in [7, 11) is 0. The minimum atomic E-state index is -0.423. The molecule has 0 N–H and O–H groups in total. The van der Waals surface area contributed by atoms with Gasteiger partial charge in [-0.15, -0.1) is 0 Å². The Hall–Kier alpha value is -2.66. The molecule has 0 aromatic heterocycles. The minimum Gasteiger partial charge on any atom is -0.292 e. The lowest BCUT2D eigenvalue weighted by molar-refractivity contribution is -0.122. The summed E-state index contributed by atoms with van der Waals surface area (Å²) in [6, 6.07) is 17.9. The molecule has 0 bridgehead atoms. The molecule has 0 atom stereocenters. The van der Waals surface area contributed by atoms with Crippen molar-refractivity contribution in [3.05, 3.63) is 76.7 Å². The Kier molecular flexibility index (Phi) is 4.39. The van der Waals surface area contributed by atoms with E-state index in [-0.39, 0.29) is 12.3 Å². The molecule has 2 aromatic carbocycles. The van der Waals surface area contributed by atoms with Crippen molar-refractivity contribution < 1.29 is 14.4 Å². The number of hydrogen-bond donors (Lipinski definition) is 0. The number of carbonyl (C=O) groups excluding carboxylic acids is 3. The van der Waals surface area contributed by atoms with Crippen molar-refractivity contribution in [2.45, 2.75) is 0 Å². The van der Waals surface area contributed by atoms with Crippen LogP contribution in [0.1, 0.15) is 15.9 Å². The number of Topliss-reactive ketones (excluding diaryl/α,β-unsaturated/α-hetero) is 1. The second kappa shape index (κ2) is 6.62. The number of hydrogen-bond acceptors (Lipinski definition) is 4. The van der Waals surface area contributed by atoms with Gasteiger partial charge in [0.25, 0.3) is 11.1 Å². The standard InChI is InChI=1S/C18H13NO3S/c20-15(14-9-5-2-6-10-14)12-19-17(21)16(23-18(19)22)11-13-7-3-1-4-8-13/h1-11H,12H2/b16-11+. The summed E-state index contributed by atoms with van der Waals surface area (Å²) < 4.78 is 0. The summed E-state index contributed by atoms with van der Waals surface area (Å²) in [5.74, 6) is -0.679. The number of thioether (sulfide) groups is 1. The van der Waals surface area contributed by atoms with E-state index < -0.39 is 11.1 Å². The first-order valence-corrected chi connectivity index (χ1v) is 7.85. The molecular formula is C18H13NO3S. The normalized spacial score (nSPS) is 16.2. The van der Waals surface area contributed by atoms with E-state index in [1.54, 1.807) is 36.4 Å². The predicted molar refractivity (Wildman–Crippen MR) is 89.9 cm³/mol. The Balaban J connectivity index is 1.77. The van der Waals surface area contributed by atoms with E-state index in [2.05, 4.69) is 0 Å². The molecule has 1 saturated heterocycles. The average Bonchev–Trinajstić information content (AvgIpc) is 2.84. The number of amides is 2. The van der Waals surface area contributed by atoms with E-state index in [1.165, 1.54) is 0 Å². The third kappa shape index (κ3) is 3.40. The maximum Gasteiger partial charge on any atom is 0.293 e. The van der Waals surface area contributed by atoms with Gasteiger partial charge in [0.05, 0.1) is 11.4 Å². The van der Waals surface area contributed by atoms with E-state index in [9.17, 15) is 14.4 Å². The van der Waals surface area contributed by atoms with Crippen LogP contribution in [0.2, 0.25) is 0 Å². The van der Waals surface area contributed by atoms with Crippen LogP contribution in [-0.2, 0) is 4.79 Å². The van der Waals surface area contributed by atoms with Crippen LogP contribution in [0.4, 0.5) is 4.79 Å². The van der Waals surface area contributed by atoms with Crippen LogP contribution in [0, 0.1) is 0 Å². The lowest BCUT2D eigenvalue weighted by Crippen LogP contribution is -2.33. The number of nitrogens with zero attached hydrogens (tertiary/aromatic N) is 1. The molecule has 0 spiro atoms.